The van der Waals surface area contributed by atoms with Crippen LogP contribution in [0, 0.1) is 12.8 Å². The zero-order valence-corrected chi connectivity index (χ0v) is 13.1. The zero-order valence-electron chi connectivity index (χ0n) is 12.3. The molecule has 1 unspecified atom stereocenters. The summed E-state index contributed by atoms with van der Waals surface area (Å²) in [6, 6.07) is 9.65. The van der Waals surface area contributed by atoms with E-state index >= 15 is 0 Å². The van der Waals surface area contributed by atoms with Gasteiger partial charge in [0.2, 0.25) is 0 Å². The van der Waals surface area contributed by atoms with Crippen molar-refractivity contribution < 1.29 is 0 Å². The van der Waals surface area contributed by atoms with Crippen molar-refractivity contribution in [2.45, 2.75) is 45.1 Å². The van der Waals surface area contributed by atoms with E-state index in [1.165, 1.54) is 43.2 Å². The van der Waals surface area contributed by atoms with Gasteiger partial charge in [-0.2, -0.15) is 0 Å². The molecule has 1 saturated carbocycles. The lowest BCUT2D eigenvalue weighted by Gasteiger charge is -2.34. The highest BCUT2D eigenvalue weighted by atomic mass is 32.1. The van der Waals surface area contributed by atoms with E-state index in [4.69, 9.17) is 12.2 Å². The topological polar surface area (TPSA) is 15.3 Å². The fraction of sp³-hybridized carbons (Fsp3) is 0.588. The molecule has 0 bridgehead atoms. The molecule has 1 aliphatic heterocycles. The molecule has 1 atom stereocenters. The molecule has 0 radical (unpaired) electrons. The molecule has 0 amide bonds. The van der Waals surface area contributed by atoms with E-state index in [9.17, 15) is 0 Å². The van der Waals surface area contributed by atoms with Crippen LogP contribution >= 0.6 is 12.2 Å². The van der Waals surface area contributed by atoms with Crippen LogP contribution in [0.25, 0.3) is 0 Å². The monoisotopic (exact) mass is 288 g/mol. The Morgan fingerprint density at radius 1 is 1.25 bits per heavy atom. The van der Waals surface area contributed by atoms with Crippen LogP contribution in [-0.4, -0.2) is 29.1 Å². The average molecular weight is 288 g/mol. The van der Waals surface area contributed by atoms with Gasteiger partial charge in [-0.15, -0.1) is 0 Å². The summed E-state index contributed by atoms with van der Waals surface area (Å²) in [6.07, 6.45) is 6.36. The minimum Gasteiger partial charge on any atom is -0.360 e. The molecule has 1 saturated heterocycles. The normalized spacial score (nSPS) is 22.6. The van der Waals surface area contributed by atoms with E-state index < -0.39 is 0 Å². The maximum absolute atomic E-state index is 5.54. The van der Waals surface area contributed by atoms with E-state index in [0.717, 1.165) is 24.1 Å². The van der Waals surface area contributed by atoms with Crippen LogP contribution in [0.5, 0.6) is 0 Å². The fourth-order valence-electron chi connectivity index (χ4n) is 2.97. The Morgan fingerprint density at radius 3 is 2.70 bits per heavy atom. The summed E-state index contributed by atoms with van der Waals surface area (Å²) in [4.78, 5) is 2.38. The number of hydrogen-bond acceptors (Lipinski definition) is 1. The van der Waals surface area contributed by atoms with Gasteiger partial charge in [0, 0.05) is 19.1 Å². The van der Waals surface area contributed by atoms with Crippen LogP contribution < -0.4 is 5.32 Å². The Labute approximate surface area is 127 Å². The summed E-state index contributed by atoms with van der Waals surface area (Å²) in [5, 5.41) is 4.46. The summed E-state index contributed by atoms with van der Waals surface area (Å²) in [7, 11) is 0. The first kappa shape index (κ1) is 13.9. The fourth-order valence-corrected chi connectivity index (χ4v) is 3.30. The van der Waals surface area contributed by atoms with Crippen LogP contribution in [0.3, 0.4) is 0 Å². The molecule has 20 heavy (non-hydrogen) atoms. The van der Waals surface area contributed by atoms with Gasteiger partial charge >= 0.3 is 0 Å². The summed E-state index contributed by atoms with van der Waals surface area (Å²) in [5.41, 5.74) is 2.80. The Bertz CT molecular complexity index is 464. The first-order valence-corrected chi connectivity index (χ1v) is 8.22. The molecule has 3 rings (SSSR count). The first-order valence-electron chi connectivity index (χ1n) is 7.82. The van der Waals surface area contributed by atoms with Crippen molar-refractivity contribution in [1.82, 2.24) is 10.2 Å². The van der Waals surface area contributed by atoms with Gasteiger partial charge in [0.1, 0.15) is 0 Å². The highest BCUT2D eigenvalue weighted by Gasteiger charge is 2.26. The smallest absolute Gasteiger partial charge is 0.169 e. The minimum absolute atomic E-state index is 0.667. The van der Waals surface area contributed by atoms with Crippen molar-refractivity contribution in [3.8, 4) is 0 Å². The molecule has 0 aromatic heterocycles. The number of piperidine rings is 1. The third-order valence-corrected chi connectivity index (χ3v) is 4.73. The lowest BCUT2D eigenvalue weighted by atomic mass is 9.91. The predicted molar refractivity (Wildman–Crippen MR) is 87.9 cm³/mol. The van der Waals surface area contributed by atoms with Gasteiger partial charge < -0.3 is 10.2 Å². The van der Waals surface area contributed by atoms with Gasteiger partial charge in [-0.25, -0.2) is 0 Å². The molecular weight excluding hydrogens is 264 g/mol. The number of nitrogens with one attached hydrogen (secondary N) is 1. The SMILES string of the molecule is Cc1ccc(CC2CCCN(C(=S)NC3CC3)C2)cc1. The maximum Gasteiger partial charge on any atom is 0.169 e. The van der Waals surface area contributed by atoms with E-state index in [0.29, 0.717) is 6.04 Å². The largest absolute Gasteiger partial charge is 0.360 e. The molecule has 1 aromatic rings. The lowest BCUT2D eigenvalue weighted by Crippen LogP contribution is -2.46. The van der Waals surface area contributed by atoms with Gasteiger partial charge in [0.05, 0.1) is 0 Å². The Hall–Kier alpha value is -1.09. The second-order valence-corrected chi connectivity index (χ2v) is 6.75. The number of aryl methyl sites for hydroxylation is 1. The molecule has 2 fully saturated rings. The summed E-state index contributed by atoms with van der Waals surface area (Å²) >= 11 is 5.54. The van der Waals surface area contributed by atoms with E-state index in [1.54, 1.807) is 0 Å². The van der Waals surface area contributed by atoms with Gasteiger partial charge in [0.15, 0.2) is 5.11 Å². The van der Waals surface area contributed by atoms with E-state index in [1.807, 2.05) is 0 Å². The second kappa shape index (κ2) is 6.13. The molecule has 2 aliphatic rings. The molecule has 2 nitrogen and oxygen atoms in total. The van der Waals surface area contributed by atoms with Gasteiger partial charge in [-0.05, 0) is 62.7 Å². The van der Waals surface area contributed by atoms with Crippen LogP contribution in [0.2, 0.25) is 0 Å². The van der Waals surface area contributed by atoms with E-state index in [2.05, 4.69) is 41.4 Å². The first-order chi connectivity index (χ1) is 9.70. The highest BCUT2D eigenvalue weighted by Crippen LogP contribution is 2.23. The van der Waals surface area contributed by atoms with Crippen molar-refractivity contribution in [3.05, 3.63) is 35.4 Å². The van der Waals surface area contributed by atoms with Crippen LogP contribution in [-0.2, 0) is 6.42 Å². The molecule has 1 aliphatic carbocycles. The highest BCUT2D eigenvalue weighted by molar-refractivity contribution is 7.80. The lowest BCUT2D eigenvalue weighted by molar-refractivity contribution is 0.254. The molecule has 1 heterocycles. The Morgan fingerprint density at radius 2 is 2.00 bits per heavy atom. The van der Waals surface area contributed by atoms with Crippen molar-refractivity contribution in [2.75, 3.05) is 13.1 Å². The number of benzene rings is 1. The van der Waals surface area contributed by atoms with Crippen LogP contribution in [0.4, 0.5) is 0 Å². The third kappa shape index (κ3) is 3.72. The summed E-state index contributed by atoms with van der Waals surface area (Å²) in [5.74, 6) is 0.741. The van der Waals surface area contributed by atoms with Crippen molar-refractivity contribution in [2.24, 2.45) is 5.92 Å². The molecule has 0 spiro atoms. The molecule has 108 valence electrons. The predicted octanol–water partition coefficient (Wildman–Crippen LogP) is 3.29. The third-order valence-electron chi connectivity index (χ3n) is 4.36. The second-order valence-electron chi connectivity index (χ2n) is 6.37. The molecule has 3 heteroatoms. The summed E-state index contributed by atoms with van der Waals surface area (Å²) in [6.45, 7) is 4.39. The van der Waals surface area contributed by atoms with Gasteiger partial charge in [-0.1, -0.05) is 29.8 Å². The Kier molecular flexibility index (Phi) is 4.25. The molecule has 1 N–H and O–H groups in total. The number of hydrogen-bond donors (Lipinski definition) is 1. The van der Waals surface area contributed by atoms with Crippen LogP contribution in [0.1, 0.15) is 36.8 Å². The minimum atomic E-state index is 0.667. The zero-order chi connectivity index (χ0) is 13.9. The maximum atomic E-state index is 5.54. The number of likely N-dealkylation sites (tertiary alicyclic amines) is 1. The number of rotatable bonds is 3. The standard InChI is InChI=1S/C17H24N2S/c1-13-4-6-14(7-5-13)11-15-3-2-10-19(12-15)17(20)18-16-8-9-16/h4-7,15-16H,2-3,8-12H2,1H3,(H,18,20). The summed E-state index contributed by atoms with van der Waals surface area (Å²) < 4.78 is 0. The van der Waals surface area contributed by atoms with Crippen molar-refractivity contribution in [3.63, 3.8) is 0 Å². The molecular formula is C17H24N2S. The molecule has 1 aromatic carbocycles. The number of thiocarbonyl (C=S) groups is 1. The number of nitrogens with zero attached hydrogens (tertiary/aromatic N) is 1. The Balaban J connectivity index is 1.54. The average Bonchev–Trinajstić information content (AvgIpc) is 3.26. The van der Waals surface area contributed by atoms with Crippen molar-refractivity contribution in [1.29, 1.82) is 0 Å². The van der Waals surface area contributed by atoms with Crippen molar-refractivity contribution >= 4 is 17.3 Å². The van der Waals surface area contributed by atoms with Crippen LogP contribution in [0.15, 0.2) is 24.3 Å². The van der Waals surface area contributed by atoms with Gasteiger partial charge in [0.25, 0.3) is 0 Å². The van der Waals surface area contributed by atoms with E-state index in [-0.39, 0.29) is 0 Å². The van der Waals surface area contributed by atoms with Gasteiger partial charge in [-0.3, -0.25) is 0 Å². The quantitative estimate of drug-likeness (QED) is 0.859.